The van der Waals surface area contributed by atoms with Crippen molar-refractivity contribution < 1.29 is 8.81 Å². The maximum atomic E-state index is 15.5. The predicted octanol–water partition coefficient (Wildman–Crippen LogP) is 11.9. The molecule has 202 valence electrons. The van der Waals surface area contributed by atoms with Crippen molar-refractivity contribution in [2.75, 3.05) is 0 Å². The van der Waals surface area contributed by atoms with Crippen molar-refractivity contribution in [1.29, 1.82) is 0 Å². The largest absolute Gasteiger partial charge is 0.441 e. The number of benzene rings is 3. The molecule has 0 saturated heterocycles. The number of hydrogen-bond donors (Lipinski definition) is 0. The fraction of sp³-hybridized carbons (Fsp3) is 0.457. The molecule has 0 amide bonds. The molecule has 0 aliphatic carbocycles. The minimum Gasteiger partial charge on any atom is -0.441 e. The average Bonchev–Trinajstić information content (AvgIpc) is 2.94. The van der Waals surface area contributed by atoms with Crippen LogP contribution in [-0.2, 0) is 12.8 Å². The van der Waals surface area contributed by atoms with Crippen LogP contribution in [0.1, 0.15) is 102 Å². The smallest absolute Gasteiger partial charge is 0.198 e. The fourth-order valence-corrected chi connectivity index (χ4v) is 5.70. The Morgan fingerprint density at radius 3 is 1.89 bits per heavy atom. The van der Waals surface area contributed by atoms with Crippen molar-refractivity contribution in [3.8, 4) is 11.1 Å². The molecule has 1 heterocycles. The van der Waals surface area contributed by atoms with Gasteiger partial charge >= 0.3 is 0 Å². The molecule has 4 rings (SSSR count). The van der Waals surface area contributed by atoms with E-state index >= 15 is 4.39 Å². The highest BCUT2D eigenvalue weighted by Gasteiger charge is 2.14. The average molecular weight is 531 g/mol. The van der Waals surface area contributed by atoms with Crippen molar-refractivity contribution >= 4 is 34.0 Å². The highest BCUT2D eigenvalue weighted by atomic mass is 32.1. The Bertz CT molecular complexity index is 1370. The summed E-state index contributed by atoms with van der Waals surface area (Å²) in [7, 11) is 0. The Balaban J connectivity index is 1.47. The van der Waals surface area contributed by atoms with Gasteiger partial charge in [-0.15, -0.1) is 0 Å². The van der Waals surface area contributed by atoms with E-state index in [2.05, 4.69) is 56.3 Å². The van der Waals surface area contributed by atoms with Crippen LogP contribution in [0, 0.1) is 10.5 Å². The van der Waals surface area contributed by atoms with Crippen molar-refractivity contribution in [1.82, 2.24) is 0 Å². The summed E-state index contributed by atoms with van der Waals surface area (Å²) in [4.78, 5) is 0. The molecular formula is C35H43FOS. The molecule has 0 radical (unpaired) electrons. The molecule has 0 fully saturated rings. The van der Waals surface area contributed by atoms with Crippen LogP contribution in [0.3, 0.4) is 0 Å². The number of fused-ring (bicyclic) bond motifs is 3. The summed E-state index contributed by atoms with van der Waals surface area (Å²) in [6, 6.07) is 19.0. The zero-order chi connectivity index (χ0) is 26.7. The van der Waals surface area contributed by atoms with E-state index < -0.39 is 0 Å². The molecule has 0 atom stereocenters. The van der Waals surface area contributed by atoms with Gasteiger partial charge in [-0.2, -0.15) is 0 Å². The first-order valence-electron chi connectivity index (χ1n) is 14.9. The minimum absolute atomic E-state index is 0.253. The quantitative estimate of drug-likeness (QED) is 0.0861. The molecule has 38 heavy (non-hydrogen) atoms. The Kier molecular flexibility index (Phi) is 10.9. The molecule has 1 aromatic heterocycles. The molecule has 3 heteroatoms. The highest BCUT2D eigenvalue weighted by molar-refractivity contribution is 7.71. The summed E-state index contributed by atoms with van der Waals surface area (Å²) < 4.78 is 21.8. The van der Waals surface area contributed by atoms with Crippen LogP contribution in [0.25, 0.3) is 32.9 Å². The monoisotopic (exact) mass is 530 g/mol. The van der Waals surface area contributed by atoms with E-state index in [0.717, 1.165) is 58.5 Å². The van der Waals surface area contributed by atoms with Gasteiger partial charge in [0.25, 0.3) is 0 Å². The zero-order valence-electron chi connectivity index (χ0n) is 23.3. The highest BCUT2D eigenvalue weighted by Crippen LogP contribution is 2.33. The molecule has 1 nitrogen and oxygen atoms in total. The van der Waals surface area contributed by atoms with E-state index in [-0.39, 0.29) is 5.82 Å². The summed E-state index contributed by atoms with van der Waals surface area (Å²) >= 11 is 5.62. The van der Waals surface area contributed by atoms with Crippen molar-refractivity contribution in [3.63, 3.8) is 0 Å². The third kappa shape index (κ3) is 7.32. The maximum Gasteiger partial charge on any atom is 0.198 e. The lowest BCUT2D eigenvalue weighted by molar-refractivity contribution is 0.533. The van der Waals surface area contributed by atoms with Gasteiger partial charge in [-0.1, -0.05) is 127 Å². The van der Waals surface area contributed by atoms with Gasteiger partial charge in [0.2, 0.25) is 0 Å². The number of rotatable bonds is 15. The van der Waals surface area contributed by atoms with Crippen LogP contribution in [0.4, 0.5) is 4.39 Å². The van der Waals surface area contributed by atoms with E-state index in [1.54, 1.807) is 0 Å². The molecule has 0 unspecified atom stereocenters. The predicted molar refractivity (Wildman–Crippen MR) is 164 cm³/mol. The normalized spacial score (nSPS) is 11.6. The maximum absolute atomic E-state index is 15.5. The van der Waals surface area contributed by atoms with Crippen LogP contribution in [0.5, 0.6) is 0 Å². The van der Waals surface area contributed by atoms with E-state index in [1.807, 2.05) is 12.1 Å². The molecular weight excluding hydrogens is 487 g/mol. The van der Waals surface area contributed by atoms with Crippen LogP contribution < -0.4 is 0 Å². The summed E-state index contributed by atoms with van der Waals surface area (Å²) in [5.41, 5.74) is 4.66. The molecule has 0 bridgehead atoms. The Hall–Kier alpha value is -2.52. The number of hydrogen-bond acceptors (Lipinski definition) is 2. The second-order valence-corrected chi connectivity index (χ2v) is 11.2. The van der Waals surface area contributed by atoms with E-state index in [1.165, 1.54) is 69.8 Å². The molecule has 0 aliphatic heterocycles. The third-order valence-corrected chi connectivity index (χ3v) is 8.11. The summed E-state index contributed by atoms with van der Waals surface area (Å²) in [6.45, 7) is 4.49. The van der Waals surface area contributed by atoms with E-state index in [0.29, 0.717) is 10.3 Å². The minimum atomic E-state index is -0.253. The number of aryl methyl sites for hydroxylation is 2. The van der Waals surface area contributed by atoms with Crippen molar-refractivity contribution in [2.45, 2.75) is 104 Å². The first-order valence-corrected chi connectivity index (χ1v) is 15.3. The molecule has 0 aliphatic rings. The Morgan fingerprint density at radius 1 is 0.605 bits per heavy atom. The van der Waals surface area contributed by atoms with Gasteiger partial charge in [-0.25, -0.2) is 4.39 Å². The molecule has 3 aromatic carbocycles. The van der Waals surface area contributed by atoms with Gasteiger partial charge in [0.1, 0.15) is 0 Å². The lowest BCUT2D eigenvalue weighted by Crippen LogP contribution is -1.94. The lowest BCUT2D eigenvalue weighted by atomic mass is 9.97. The van der Waals surface area contributed by atoms with Gasteiger partial charge in [-0.3, -0.25) is 0 Å². The number of halogens is 1. The van der Waals surface area contributed by atoms with Gasteiger partial charge in [0.05, 0.1) is 0 Å². The van der Waals surface area contributed by atoms with Crippen molar-refractivity contribution in [3.05, 3.63) is 76.2 Å². The zero-order valence-corrected chi connectivity index (χ0v) is 24.1. The van der Waals surface area contributed by atoms with Crippen molar-refractivity contribution in [2.24, 2.45) is 0 Å². The fourth-order valence-electron chi connectivity index (χ4n) is 5.45. The van der Waals surface area contributed by atoms with E-state index in [4.69, 9.17) is 16.6 Å². The van der Waals surface area contributed by atoms with Crippen LogP contribution >= 0.6 is 12.2 Å². The third-order valence-electron chi connectivity index (χ3n) is 7.81. The Morgan fingerprint density at radius 2 is 1.18 bits per heavy atom. The first-order chi connectivity index (χ1) is 18.6. The van der Waals surface area contributed by atoms with Crippen LogP contribution in [-0.4, -0.2) is 0 Å². The lowest BCUT2D eigenvalue weighted by Gasteiger charge is -2.10. The van der Waals surface area contributed by atoms with Gasteiger partial charge in [0, 0.05) is 10.8 Å². The molecule has 4 aromatic rings. The standard InChI is InChI=1S/C35H43FOS/c1-3-5-7-9-10-11-12-14-16-28-21-24-31-30-23-22-29(25-32(30)35(38)37-34(31)33(28)36)27-19-17-26(18-20-27)15-13-8-6-4-2/h17-25H,3-16H2,1-2H3. The van der Waals surface area contributed by atoms with Crippen LogP contribution in [0.15, 0.2) is 59.0 Å². The molecule has 0 saturated carbocycles. The van der Waals surface area contributed by atoms with Gasteiger partial charge < -0.3 is 4.42 Å². The SMILES string of the molecule is CCCCCCCCCCc1ccc2c(oc(=S)c3cc(-c4ccc(CCCCCC)cc4)ccc32)c1F. The summed E-state index contributed by atoms with van der Waals surface area (Å²) in [6.07, 6.45) is 16.9. The van der Waals surface area contributed by atoms with Gasteiger partial charge in [-0.05, 0) is 71.6 Å². The first kappa shape index (κ1) is 28.5. The summed E-state index contributed by atoms with van der Waals surface area (Å²) in [5, 5.41) is 2.61. The van der Waals surface area contributed by atoms with Gasteiger partial charge in [0.15, 0.2) is 16.1 Å². The Labute approximate surface area is 233 Å². The van der Waals surface area contributed by atoms with E-state index in [9.17, 15) is 0 Å². The summed E-state index contributed by atoms with van der Waals surface area (Å²) in [5.74, 6) is -0.253. The van der Waals surface area contributed by atoms with Crippen LogP contribution in [0.2, 0.25) is 0 Å². The number of unbranched alkanes of at least 4 members (excludes halogenated alkanes) is 10. The second kappa shape index (κ2) is 14.6. The topological polar surface area (TPSA) is 13.1 Å². The second-order valence-electron chi connectivity index (χ2n) is 10.8. The molecule has 0 spiro atoms. The molecule has 0 N–H and O–H groups in total.